The Kier molecular flexibility index (Phi) is 2.13. The molecule has 0 atom stereocenters. The lowest BCUT2D eigenvalue weighted by atomic mass is 10.1. The number of fused-ring (bicyclic) bond motifs is 3. The molecule has 0 aliphatic rings. The fourth-order valence-corrected chi connectivity index (χ4v) is 2.24. The zero-order chi connectivity index (χ0) is 12.9. The molecule has 0 aliphatic heterocycles. The number of carboxylic acids is 1. The molecule has 2 aromatic heterocycles. The highest BCUT2D eigenvalue weighted by Crippen LogP contribution is 2.22. The van der Waals surface area contributed by atoms with Crippen LogP contribution in [-0.4, -0.2) is 20.5 Å². The maximum atomic E-state index is 11.0. The average molecular weight is 240 g/mol. The molecule has 4 heteroatoms. The SMILES string of the molecule is Cc1ccc2c(c1)c(C)cc1nc(C(=O)O)cn12. The van der Waals surface area contributed by atoms with Gasteiger partial charge in [0.15, 0.2) is 5.69 Å². The van der Waals surface area contributed by atoms with Crippen LogP contribution in [0.5, 0.6) is 0 Å². The van der Waals surface area contributed by atoms with Gasteiger partial charge in [0.25, 0.3) is 0 Å². The lowest BCUT2D eigenvalue weighted by Gasteiger charge is -2.06. The number of rotatable bonds is 1. The van der Waals surface area contributed by atoms with E-state index in [1.165, 1.54) is 5.56 Å². The summed E-state index contributed by atoms with van der Waals surface area (Å²) in [5, 5.41) is 10.1. The second-order valence-electron chi connectivity index (χ2n) is 4.51. The highest BCUT2D eigenvalue weighted by molar-refractivity contribution is 5.90. The first-order valence-corrected chi connectivity index (χ1v) is 5.68. The molecule has 4 nitrogen and oxygen atoms in total. The van der Waals surface area contributed by atoms with Gasteiger partial charge in [-0.1, -0.05) is 11.6 Å². The van der Waals surface area contributed by atoms with E-state index in [2.05, 4.69) is 11.1 Å². The van der Waals surface area contributed by atoms with Crippen LogP contribution in [0.25, 0.3) is 16.6 Å². The molecule has 0 radical (unpaired) electrons. The number of benzene rings is 1. The van der Waals surface area contributed by atoms with Crippen LogP contribution in [0.1, 0.15) is 21.6 Å². The Morgan fingerprint density at radius 3 is 2.78 bits per heavy atom. The van der Waals surface area contributed by atoms with E-state index in [9.17, 15) is 4.79 Å². The predicted octanol–water partition coefficient (Wildman–Crippen LogP) is 2.80. The second kappa shape index (κ2) is 3.57. The van der Waals surface area contributed by atoms with E-state index in [4.69, 9.17) is 5.11 Å². The van der Waals surface area contributed by atoms with E-state index >= 15 is 0 Å². The number of hydrogen-bond acceptors (Lipinski definition) is 2. The van der Waals surface area contributed by atoms with Gasteiger partial charge >= 0.3 is 5.97 Å². The average Bonchev–Trinajstić information content (AvgIpc) is 2.73. The van der Waals surface area contributed by atoms with Gasteiger partial charge in [0.05, 0.1) is 5.52 Å². The largest absolute Gasteiger partial charge is 0.476 e. The predicted molar refractivity (Wildman–Crippen MR) is 69.1 cm³/mol. The molecule has 18 heavy (non-hydrogen) atoms. The smallest absolute Gasteiger partial charge is 0.356 e. The van der Waals surface area contributed by atoms with Crippen molar-refractivity contribution >= 4 is 22.5 Å². The molecular formula is C14H12N2O2. The second-order valence-corrected chi connectivity index (χ2v) is 4.51. The summed E-state index contributed by atoms with van der Waals surface area (Å²) in [4.78, 5) is 15.1. The van der Waals surface area contributed by atoms with Gasteiger partial charge in [-0.25, -0.2) is 9.78 Å². The minimum absolute atomic E-state index is 0.0717. The molecule has 0 bridgehead atoms. The van der Waals surface area contributed by atoms with Crippen LogP contribution < -0.4 is 0 Å². The van der Waals surface area contributed by atoms with E-state index in [-0.39, 0.29) is 5.69 Å². The third-order valence-electron chi connectivity index (χ3n) is 3.13. The summed E-state index contributed by atoms with van der Waals surface area (Å²) in [6.45, 7) is 4.05. The maximum Gasteiger partial charge on any atom is 0.356 e. The molecule has 0 saturated heterocycles. The van der Waals surface area contributed by atoms with Crippen LogP contribution in [0, 0.1) is 13.8 Å². The number of carbonyl (C=O) groups is 1. The van der Waals surface area contributed by atoms with Crippen LogP contribution in [-0.2, 0) is 0 Å². The molecule has 3 rings (SSSR count). The van der Waals surface area contributed by atoms with Crippen LogP contribution >= 0.6 is 0 Å². The summed E-state index contributed by atoms with van der Waals surface area (Å²) in [7, 11) is 0. The quantitative estimate of drug-likeness (QED) is 0.711. The van der Waals surface area contributed by atoms with E-state index < -0.39 is 5.97 Å². The fraction of sp³-hybridized carbons (Fsp3) is 0.143. The van der Waals surface area contributed by atoms with E-state index in [0.29, 0.717) is 5.65 Å². The van der Waals surface area contributed by atoms with Crippen LogP contribution in [0.4, 0.5) is 0 Å². The van der Waals surface area contributed by atoms with Gasteiger partial charge in [-0.05, 0) is 37.6 Å². The Balaban J connectivity index is 2.48. The van der Waals surface area contributed by atoms with Crippen LogP contribution in [0.3, 0.4) is 0 Å². The zero-order valence-electron chi connectivity index (χ0n) is 10.1. The van der Waals surface area contributed by atoms with Crippen molar-refractivity contribution < 1.29 is 9.90 Å². The van der Waals surface area contributed by atoms with E-state index in [0.717, 1.165) is 16.5 Å². The summed E-state index contributed by atoms with van der Waals surface area (Å²) in [5.41, 5.74) is 4.01. The number of imidazole rings is 1. The maximum absolute atomic E-state index is 11.0. The summed E-state index contributed by atoms with van der Waals surface area (Å²) >= 11 is 0. The standard InChI is InChI=1S/C14H12N2O2/c1-8-3-4-12-10(5-8)9(2)6-13-15-11(14(17)18)7-16(12)13/h3-7H,1-2H3,(H,17,18). The van der Waals surface area contributed by atoms with Crippen molar-refractivity contribution in [3.63, 3.8) is 0 Å². The lowest BCUT2D eigenvalue weighted by molar-refractivity contribution is 0.0691. The van der Waals surface area contributed by atoms with Crippen molar-refractivity contribution in [1.29, 1.82) is 0 Å². The van der Waals surface area contributed by atoms with Gasteiger partial charge in [-0.3, -0.25) is 4.40 Å². The molecule has 0 fully saturated rings. The Bertz CT molecular complexity index is 787. The lowest BCUT2D eigenvalue weighted by Crippen LogP contribution is -1.94. The van der Waals surface area contributed by atoms with Gasteiger partial charge < -0.3 is 5.11 Å². The van der Waals surface area contributed by atoms with Gasteiger partial charge in [0, 0.05) is 11.6 Å². The Labute approximate surface area is 104 Å². The Morgan fingerprint density at radius 2 is 2.06 bits per heavy atom. The minimum Gasteiger partial charge on any atom is -0.476 e. The first-order valence-electron chi connectivity index (χ1n) is 5.68. The molecule has 1 aromatic carbocycles. The highest BCUT2D eigenvalue weighted by Gasteiger charge is 2.11. The summed E-state index contributed by atoms with van der Waals surface area (Å²) < 4.78 is 1.82. The third kappa shape index (κ3) is 1.46. The minimum atomic E-state index is -1.00. The first-order chi connectivity index (χ1) is 8.56. The molecule has 0 unspecified atom stereocenters. The van der Waals surface area contributed by atoms with Crippen molar-refractivity contribution in [3.8, 4) is 0 Å². The molecule has 2 heterocycles. The van der Waals surface area contributed by atoms with Crippen molar-refractivity contribution in [3.05, 3.63) is 47.3 Å². The van der Waals surface area contributed by atoms with Crippen molar-refractivity contribution in [2.75, 3.05) is 0 Å². The summed E-state index contributed by atoms with van der Waals surface area (Å²) in [6, 6.07) is 8.03. The molecule has 0 saturated carbocycles. The Hall–Kier alpha value is -2.36. The molecule has 1 N–H and O–H groups in total. The van der Waals surface area contributed by atoms with Crippen LogP contribution in [0.15, 0.2) is 30.5 Å². The van der Waals surface area contributed by atoms with Gasteiger partial charge in [0.1, 0.15) is 5.65 Å². The molecule has 90 valence electrons. The number of aromatic carboxylic acids is 1. The fourth-order valence-electron chi connectivity index (χ4n) is 2.24. The number of aromatic nitrogens is 2. The third-order valence-corrected chi connectivity index (χ3v) is 3.13. The number of pyridine rings is 1. The van der Waals surface area contributed by atoms with Crippen molar-refractivity contribution in [2.45, 2.75) is 13.8 Å². The van der Waals surface area contributed by atoms with Gasteiger partial charge in [-0.15, -0.1) is 0 Å². The zero-order valence-corrected chi connectivity index (χ0v) is 10.1. The topological polar surface area (TPSA) is 54.6 Å². The molecular weight excluding hydrogens is 228 g/mol. The summed E-state index contributed by atoms with van der Waals surface area (Å²) in [5.74, 6) is -1.00. The van der Waals surface area contributed by atoms with Gasteiger partial charge in [-0.2, -0.15) is 0 Å². The van der Waals surface area contributed by atoms with Crippen molar-refractivity contribution in [1.82, 2.24) is 9.38 Å². The first kappa shape index (κ1) is 10.8. The molecule has 0 aliphatic carbocycles. The highest BCUT2D eigenvalue weighted by atomic mass is 16.4. The molecule has 0 amide bonds. The Morgan fingerprint density at radius 1 is 1.28 bits per heavy atom. The van der Waals surface area contributed by atoms with Crippen molar-refractivity contribution in [2.24, 2.45) is 0 Å². The number of nitrogens with zero attached hydrogens (tertiary/aromatic N) is 2. The number of hydrogen-bond donors (Lipinski definition) is 1. The molecule has 3 aromatic rings. The van der Waals surface area contributed by atoms with Crippen LogP contribution in [0.2, 0.25) is 0 Å². The number of aryl methyl sites for hydroxylation is 2. The van der Waals surface area contributed by atoms with E-state index in [1.807, 2.05) is 36.4 Å². The van der Waals surface area contributed by atoms with E-state index in [1.54, 1.807) is 6.20 Å². The normalized spacial score (nSPS) is 11.2. The summed E-state index contributed by atoms with van der Waals surface area (Å²) in [6.07, 6.45) is 1.56. The monoisotopic (exact) mass is 240 g/mol. The van der Waals surface area contributed by atoms with Gasteiger partial charge in [0.2, 0.25) is 0 Å². The number of carboxylic acid groups (broad SMARTS) is 1. The molecule has 0 spiro atoms.